The lowest BCUT2D eigenvalue weighted by Crippen LogP contribution is -2.37. The Morgan fingerprint density at radius 2 is 1.71 bits per heavy atom. The molecule has 112 valence electrons. The van der Waals surface area contributed by atoms with Gasteiger partial charge in [-0.2, -0.15) is 17.4 Å². The summed E-state index contributed by atoms with van der Waals surface area (Å²) in [6, 6.07) is 15.9. The van der Waals surface area contributed by atoms with E-state index in [2.05, 4.69) is 4.72 Å². The van der Waals surface area contributed by atoms with Gasteiger partial charge in [0.05, 0.1) is 0 Å². The third-order valence-electron chi connectivity index (χ3n) is 3.03. The summed E-state index contributed by atoms with van der Waals surface area (Å²) in [6.07, 6.45) is 0. The molecule has 21 heavy (non-hydrogen) atoms. The molecule has 0 fully saturated rings. The first-order valence-electron chi connectivity index (χ1n) is 6.50. The number of phenols is 1. The van der Waals surface area contributed by atoms with E-state index < -0.39 is 10.2 Å². The van der Waals surface area contributed by atoms with Crippen molar-refractivity contribution in [1.29, 1.82) is 0 Å². The highest BCUT2D eigenvalue weighted by atomic mass is 32.2. The van der Waals surface area contributed by atoms with Gasteiger partial charge >= 0.3 is 0 Å². The van der Waals surface area contributed by atoms with Crippen LogP contribution in [0, 0.1) is 0 Å². The summed E-state index contributed by atoms with van der Waals surface area (Å²) < 4.78 is 28.0. The summed E-state index contributed by atoms with van der Waals surface area (Å²) in [5, 5.41) is 9.40. The van der Waals surface area contributed by atoms with Gasteiger partial charge in [-0.25, -0.2) is 0 Å². The van der Waals surface area contributed by atoms with Crippen molar-refractivity contribution in [2.75, 3.05) is 7.05 Å². The Bertz CT molecular complexity index is 687. The van der Waals surface area contributed by atoms with Crippen molar-refractivity contribution in [2.45, 2.75) is 13.1 Å². The summed E-state index contributed by atoms with van der Waals surface area (Å²) in [7, 11) is -2.07. The SMILES string of the molecule is CN(Cc1cccc(O)c1)S(=O)(=O)NCc1ccccc1. The zero-order valence-electron chi connectivity index (χ0n) is 11.7. The number of hydrogen-bond donors (Lipinski definition) is 2. The van der Waals surface area contributed by atoms with E-state index in [-0.39, 0.29) is 18.8 Å². The van der Waals surface area contributed by atoms with Crippen LogP contribution in [0.1, 0.15) is 11.1 Å². The summed E-state index contributed by atoms with van der Waals surface area (Å²) in [6.45, 7) is 0.437. The summed E-state index contributed by atoms with van der Waals surface area (Å²) >= 11 is 0. The van der Waals surface area contributed by atoms with E-state index in [1.54, 1.807) is 24.3 Å². The highest BCUT2D eigenvalue weighted by Crippen LogP contribution is 2.13. The molecule has 0 heterocycles. The first-order valence-corrected chi connectivity index (χ1v) is 7.94. The maximum Gasteiger partial charge on any atom is 0.279 e. The second-order valence-electron chi connectivity index (χ2n) is 4.74. The molecule has 0 saturated heterocycles. The molecule has 0 spiro atoms. The van der Waals surface area contributed by atoms with Crippen LogP contribution in [0.15, 0.2) is 54.6 Å². The van der Waals surface area contributed by atoms with Crippen LogP contribution in [-0.2, 0) is 23.3 Å². The number of hydrogen-bond acceptors (Lipinski definition) is 3. The van der Waals surface area contributed by atoms with Crippen molar-refractivity contribution in [3.05, 3.63) is 65.7 Å². The molecule has 0 aliphatic heterocycles. The fourth-order valence-corrected chi connectivity index (χ4v) is 2.77. The second-order valence-corrected chi connectivity index (χ2v) is 6.60. The standard InChI is InChI=1S/C15H18N2O3S/c1-17(12-14-8-5-9-15(18)10-14)21(19,20)16-11-13-6-3-2-4-7-13/h2-10,16,18H,11-12H2,1H3. The van der Waals surface area contributed by atoms with Crippen LogP contribution in [-0.4, -0.2) is 24.9 Å². The molecule has 5 nitrogen and oxygen atoms in total. The Balaban J connectivity index is 1.98. The van der Waals surface area contributed by atoms with E-state index in [9.17, 15) is 13.5 Å². The van der Waals surface area contributed by atoms with Gasteiger partial charge in [-0.3, -0.25) is 0 Å². The largest absolute Gasteiger partial charge is 0.508 e. The van der Waals surface area contributed by atoms with Crippen LogP contribution in [0.3, 0.4) is 0 Å². The van der Waals surface area contributed by atoms with Gasteiger partial charge in [-0.1, -0.05) is 42.5 Å². The van der Waals surface area contributed by atoms with Gasteiger partial charge in [-0.15, -0.1) is 0 Å². The van der Waals surface area contributed by atoms with Crippen LogP contribution in [0.2, 0.25) is 0 Å². The Morgan fingerprint density at radius 1 is 1.05 bits per heavy atom. The minimum Gasteiger partial charge on any atom is -0.508 e. The number of benzene rings is 2. The van der Waals surface area contributed by atoms with E-state index in [1.165, 1.54) is 11.4 Å². The average Bonchev–Trinajstić information content (AvgIpc) is 2.46. The van der Waals surface area contributed by atoms with Crippen LogP contribution in [0.5, 0.6) is 5.75 Å². The molecule has 0 aliphatic rings. The molecular weight excluding hydrogens is 288 g/mol. The molecule has 0 atom stereocenters. The van der Waals surface area contributed by atoms with Crippen molar-refractivity contribution in [2.24, 2.45) is 0 Å². The quantitative estimate of drug-likeness (QED) is 0.856. The minimum absolute atomic E-state index is 0.121. The summed E-state index contributed by atoms with van der Waals surface area (Å²) in [5.74, 6) is 0.121. The third-order valence-corrected chi connectivity index (χ3v) is 4.49. The van der Waals surface area contributed by atoms with Crippen molar-refractivity contribution < 1.29 is 13.5 Å². The zero-order chi connectivity index (χ0) is 15.3. The number of aromatic hydroxyl groups is 1. The lowest BCUT2D eigenvalue weighted by molar-refractivity contribution is 0.449. The van der Waals surface area contributed by atoms with Gasteiger partial charge in [-0.05, 0) is 23.3 Å². The van der Waals surface area contributed by atoms with Crippen molar-refractivity contribution in [3.8, 4) is 5.75 Å². The van der Waals surface area contributed by atoms with Gasteiger partial charge < -0.3 is 5.11 Å². The van der Waals surface area contributed by atoms with Gasteiger partial charge in [0.25, 0.3) is 10.2 Å². The van der Waals surface area contributed by atoms with E-state index in [1.807, 2.05) is 30.3 Å². The van der Waals surface area contributed by atoms with Gasteiger partial charge in [0.1, 0.15) is 5.75 Å². The maximum absolute atomic E-state index is 12.1. The van der Waals surface area contributed by atoms with Crippen LogP contribution in [0.4, 0.5) is 0 Å². The fourth-order valence-electron chi connectivity index (χ4n) is 1.88. The van der Waals surface area contributed by atoms with Gasteiger partial charge in [0.2, 0.25) is 0 Å². The predicted octanol–water partition coefficient (Wildman–Crippen LogP) is 1.86. The van der Waals surface area contributed by atoms with E-state index in [0.717, 1.165) is 11.1 Å². The number of nitrogens with one attached hydrogen (secondary N) is 1. The number of phenolic OH excluding ortho intramolecular Hbond substituents is 1. The smallest absolute Gasteiger partial charge is 0.279 e. The Labute approximate surface area is 125 Å². The zero-order valence-corrected chi connectivity index (χ0v) is 12.5. The highest BCUT2D eigenvalue weighted by Gasteiger charge is 2.17. The van der Waals surface area contributed by atoms with Crippen LogP contribution in [0.25, 0.3) is 0 Å². The molecule has 2 N–H and O–H groups in total. The van der Waals surface area contributed by atoms with Crippen LogP contribution < -0.4 is 4.72 Å². The average molecular weight is 306 g/mol. The maximum atomic E-state index is 12.1. The van der Waals surface area contributed by atoms with Crippen molar-refractivity contribution >= 4 is 10.2 Å². The molecular formula is C15H18N2O3S. The Hall–Kier alpha value is -1.89. The van der Waals surface area contributed by atoms with E-state index >= 15 is 0 Å². The van der Waals surface area contributed by atoms with E-state index in [4.69, 9.17) is 0 Å². The number of nitrogens with zero attached hydrogens (tertiary/aromatic N) is 1. The summed E-state index contributed by atoms with van der Waals surface area (Å²) in [5.41, 5.74) is 1.62. The lowest BCUT2D eigenvalue weighted by atomic mass is 10.2. The van der Waals surface area contributed by atoms with E-state index in [0.29, 0.717) is 0 Å². The van der Waals surface area contributed by atoms with Crippen LogP contribution >= 0.6 is 0 Å². The minimum atomic E-state index is -3.57. The molecule has 2 aromatic carbocycles. The van der Waals surface area contributed by atoms with Crippen molar-refractivity contribution in [3.63, 3.8) is 0 Å². The topological polar surface area (TPSA) is 69.6 Å². The molecule has 0 unspecified atom stereocenters. The normalized spacial score (nSPS) is 11.7. The molecule has 6 heteroatoms. The fraction of sp³-hybridized carbons (Fsp3) is 0.200. The molecule has 0 bridgehead atoms. The molecule has 0 saturated carbocycles. The predicted molar refractivity (Wildman–Crippen MR) is 81.8 cm³/mol. The molecule has 0 aromatic heterocycles. The molecule has 0 aliphatic carbocycles. The second kappa shape index (κ2) is 6.71. The number of rotatable bonds is 6. The van der Waals surface area contributed by atoms with Crippen molar-refractivity contribution in [1.82, 2.24) is 9.03 Å². The third kappa shape index (κ3) is 4.56. The first kappa shape index (κ1) is 15.5. The van der Waals surface area contributed by atoms with Gasteiger partial charge in [0, 0.05) is 20.1 Å². The monoisotopic (exact) mass is 306 g/mol. The Morgan fingerprint density at radius 3 is 2.38 bits per heavy atom. The van der Waals surface area contributed by atoms with Gasteiger partial charge in [0.15, 0.2) is 0 Å². The molecule has 2 rings (SSSR count). The molecule has 0 radical (unpaired) electrons. The lowest BCUT2D eigenvalue weighted by Gasteiger charge is -2.18. The molecule has 0 amide bonds. The summed E-state index contributed by atoms with van der Waals surface area (Å²) in [4.78, 5) is 0. The Kier molecular flexibility index (Phi) is 4.95. The molecule has 2 aromatic rings. The highest BCUT2D eigenvalue weighted by molar-refractivity contribution is 7.87. The first-order chi connectivity index (χ1) is 9.97.